The van der Waals surface area contributed by atoms with E-state index < -0.39 is 40.8 Å². The number of thiophene rings is 1. The van der Waals surface area contributed by atoms with E-state index in [9.17, 15) is 27.6 Å². The van der Waals surface area contributed by atoms with Gasteiger partial charge in [0.15, 0.2) is 6.10 Å². The lowest BCUT2D eigenvalue weighted by atomic mass is 9.96. The van der Waals surface area contributed by atoms with Gasteiger partial charge in [-0.3, -0.25) is 9.59 Å². The number of hydrogen-bond donors (Lipinski definition) is 2. The summed E-state index contributed by atoms with van der Waals surface area (Å²) >= 11 is 1.20. The van der Waals surface area contributed by atoms with Crippen LogP contribution in [0, 0.1) is 19.3 Å². The lowest BCUT2D eigenvalue weighted by Gasteiger charge is -2.19. The number of carbonyl (C=O) groups is 3. The molecule has 2 aromatic rings. The molecule has 0 saturated carbocycles. The van der Waals surface area contributed by atoms with Crippen LogP contribution < -0.4 is 10.6 Å². The summed E-state index contributed by atoms with van der Waals surface area (Å²) in [5.74, 6) is -2.08. The number of nitrogens with one attached hydrogen (secondary N) is 2. The van der Waals surface area contributed by atoms with Crippen LogP contribution in [0.5, 0.6) is 0 Å². The fourth-order valence-corrected chi connectivity index (χ4v) is 3.64. The number of aryl methyl sites for hydroxylation is 1. The Morgan fingerprint density at radius 3 is 2.19 bits per heavy atom. The van der Waals surface area contributed by atoms with Crippen LogP contribution in [0.3, 0.4) is 0 Å². The Kier molecular flexibility index (Phi) is 7.39. The Bertz CT molecular complexity index is 1040. The molecule has 0 aliphatic heterocycles. The Morgan fingerprint density at radius 2 is 1.62 bits per heavy atom. The van der Waals surface area contributed by atoms with Crippen molar-refractivity contribution in [2.75, 3.05) is 10.6 Å². The highest BCUT2D eigenvalue weighted by molar-refractivity contribution is 7.16. The summed E-state index contributed by atoms with van der Waals surface area (Å²) in [4.78, 5) is 38.4. The molecule has 0 radical (unpaired) electrons. The van der Waals surface area contributed by atoms with Gasteiger partial charge in [0.2, 0.25) is 5.91 Å². The topological polar surface area (TPSA) is 84.5 Å². The maximum absolute atomic E-state index is 13.1. The number of hydrogen-bond acceptors (Lipinski definition) is 5. The fourth-order valence-electron chi connectivity index (χ4n) is 2.60. The zero-order valence-corrected chi connectivity index (χ0v) is 19.4. The molecule has 0 aliphatic carbocycles. The van der Waals surface area contributed by atoms with Crippen LogP contribution in [0.15, 0.2) is 24.3 Å². The van der Waals surface area contributed by atoms with Crippen molar-refractivity contribution in [2.24, 2.45) is 5.41 Å². The number of amides is 2. The Hall–Kier alpha value is -2.88. The van der Waals surface area contributed by atoms with Gasteiger partial charge < -0.3 is 15.4 Å². The van der Waals surface area contributed by atoms with E-state index in [4.69, 9.17) is 4.74 Å². The zero-order valence-electron chi connectivity index (χ0n) is 18.6. The molecule has 2 N–H and O–H groups in total. The van der Waals surface area contributed by atoms with E-state index in [-0.39, 0.29) is 11.5 Å². The third kappa shape index (κ3) is 5.87. The van der Waals surface area contributed by atoms with Crippen LogP contribution in [0.2, 0.25) is 0 Å². The Morgan fingerprint density at radius 1 is 1.03 bits per heavy atom. The van der Waals surface area contributed by atoms with Crippen molar-refractivity contribution in [3.05, 3.63) is 45.8 Å². The van der Waals surface area contributed by atoms with Gasteiger partial charge >= 0.3 is 12.1 Å². The van der Waals surface area contributed by atoms with Gasteiger partial charge in [0.1, 0.15) is 5.00 Å². The highest BCUT2D eigenvalue weighted by Gasteiger charge is 2.34. The molecule has 6 nitrogen and oxygen atoms in total. The normalized spacial score (nSPS) is 12.8. The smallest absolute Gasteiger partial charge is 0.418 e. The van der Waals surface area contributed by atoms with Crippen LogP contribution in [-0.4, -0.2) is 23.9 Å². The molecule has 0 spiro atoms. The van der Waals surface area contributed by atoms with Crippen LogP contribution in [0.1, 0.15) is 54.1 Å². The molecule has 1 aromatic heterocycles. The maximum Gasteiger partial charge on any atom is 0.418 e. The van der Waals surface area contributed by atoms with Crippen molar-refractivity contribution in [1.82, 2.24) is 0 Å². The van der Waals surface area contributed by atoms with E-state index >= 15 is 0 Å². The average Bonchev–Trinajstić information content (AvgIpc) is 2.93. The fraction of sp³-hybridized carbons (Fsp3) is 0.409. The minimum absolute atomic E-state index is 0.112. The number of esters is 1. The van der Waals surface area contributed by atoms with E-state index in [1.165, 1.54) is 30.4 Å². The summed E-state index contributed by atoms with van der Waals surface area (Å²) in [6.45, 7) is 9.87. The molecule has 174 valence electrons. The molecule has 10 heteroatoms. The minimum Gasteiger partial charge on any atom is -0.449 e. The van der Waals surface area contributed by atoms with Crippen molar-refractivity contribution in [2.45, 2.75) is 53.8 Å². The summed E-state index contributed by atoms with van der Waals surface area (Å²) in [7, 11) is 0. The predicted octanol–water partition coefficient (Wildman–Crippen LogP) is 5.55. The largest absolute Gasteiger partial charge is 0.449 e. The van der Waals surface area contributed by atoms with Gasteiger partial charge in [-0.1, -0.05) is 32.9 Å². The standard InChI is InChI=1S/C22H25F3N2O4S/c1-11-13(3)32-18(27-20(30)21(4,5)6)16(11)19(29)31-12(2)17(28)26-15-10-8-7-9-14(15)22(23,24)25/h7-10,12H,1-6H3,(H,26,28)(H,27,30). The first-order valence-electron chi connectivity index (χ1n) is 9.72. The number of halogens is 3. The molecule has 0 fully saturated rings. The van der Waals surface area contributed by atoms with Gasteiger partial charge in [-0.2, -0.15) is 13.2 Å². The summed E-state index contributed by atoms with van der Waals surface area (Å²) < 4.78 is 44.6. The summed E-state index contributed by atoms with van der Waals surface area (Å²) in [6.07, 6.45) is -6.04. The minimum atomic E-state index is -4.66. The van der Waals surface area contributed by atoms with Crippen LogP contribution in [0.25, 0.3) is 0 Å². The van der Waals surface area contributed by atoms with Crippen molar-refractivity contribution in [3.8, 4) is 0 Å². The molecule has 1 atom stereocenters. The molecule has 0 bridgehead atoms. The Balaban J connectivity index is 2.20. The summed E-state index contributed by atoms with van der Waals surface area (Å²) in [5.41, 5.74) is -1.46. The van der Waals surface area contributed by atoms with E-state index in [2.05, 4.69) is 10.6 Å². The second-order valence-electron chi connectivity index (χ2n) is 8.27. The van der Waals surface area contributed by atoms with Gasteiger partial charge in [0, 0.05) is 10.3 Å². The van der Waals surface area contributed by atoms with Gasteiger partial charge in [-0.15, -0.1) is 11.3 Å². The third-order valence-electron chi connectivity index (χ3n) is 4.64. The number of benzene rings is 1. The number of carbonyl (C=O) groups excluding carboxylic acids is 3. The molecule has 1 unspecified atom stereocenters. The van der Waals surface area contributed by atoms with Crippen LogP contribution >= 0.6 is 11.3 Å². The molecular weight excluding hydrogens is 445 g/mol. The summed E-state index contributed by atoms with van der Waals surface area (Å²) in [5, 5.41) is 5.16. The van der Waals surface area contributed by atoms with Crippen molar-refractivity contribution in [1.29, 1.82) is 0 Å². The molecule has 0 aliphatic rings. The van der Waals surface area contributed by atoms with Gasteiger partial charge in [0.25, 0.3) is 5.91 Å². The molecule has 0 saturated heterocycles. The quantitative estimate of drug-likeness (QED) is 0.561. The van der Waals surface area contributed by atoms with Crippen LogP contribution in [0.4, 0.5) is 23.9 Å². The second-order valence-corrected chi connectivity index (χ2v) is 9.50. The third-order valence-corrected chi connectivity index (χ3v) is 5.76. The van der Waals surface area contributed by atoms with Gasteiger partial charge in [-0.25, -0.2) is 4.79 Å². The lowest BCUT2D eigenvalue weighted by molar-refractivity contribution is -0.137. The predicted molar refractivity (Wildman–Crippen MR) is 117 cm³/mol. The highest BCUT2D eigenvalue weighted by atomic mass is 32.1. The first-order chi connectivity index (χ1) is 14.6. The first-order valence-corrected chi connectivity index (χ1v) is 10.5. The number of alkyl halides is 3. The Labute approximate surface area is 188 Å². The van der Waals surface area contributed by atoms with E-state index in [0.717, 1.165) is 17.0 Å². The highest BCUT2D eigenvalue weighted by Crippen LogP contribution is 2.36. The summed E-state index contributed by atoms with van der Waals surface area (Å²) in [6, 6.07) is 4.51. The van der Waals surface area contributed by atoms with E-state index in [1.54, 1.807) is 34.6 Å². The average molecular weight is 471 g/mol. The first kappa shape index (κ1) is 25.4. The van der Waals surface area contributed by atoms with E-state index in [0.29, 0.717) is 10.6 Å². The molecule has 2 rings (SSSR count). The zero-order chi connectivity index (χ0) is 24.4. The molecule has 32 heavy (non-hydrogen) atoms. The van der Waals surface area contributed by atoms with Gasteiger partial charge in [0.05, 0.1) is 16.8 Å². The second kappa shape index (κ2) is 9.32. The SMILES string of the molecule is Cc1sc(NC(=O)C(C)(C)C)c(C(=O)OC(C)C(=O)Nc2ccccc2C(F)(F)F)c1C. The molecule has 1 aromatic carbocycles. The number of anilines is 2. The van der Waals surface area contributed by atoms with Gasteiger partial charge in [-0.05, 0) is 38.5 Å². The van der Waals surface area contributed by atoms with E-state index in [1.807, 2.05) is 0 Å². The van der Waals surface area contributed by atoms with Crippen LogP contribution in [-0.2, 0) is 20.5 Å². The van der Waals surface area contributed by atoms with Crippen molar-refractivity contribution < 1.29 is 32.3 Å². The number of rotatable bonds is 5. The van der Waals surface area contributed by atoms with Crippen molar-refractivity contribution >= 4 is 39.8 Å². The maximum atomic E-state index is 13.1. The lowest BCUT2D eigenvalue weighted by Crippen LogP contribution is -2.31. The molecule has 2 amide bonds. The number of ether oxygens (including phenoxy) is 1. The number of para-hydroxylation sites is 1. The molecular formula is C22H25F3N2O4S. The molecule has 1 heterocycles. The monoisotopic (exact) mass is 470 g/mol. The van der Waals surface area contributed by atoms with Crippen molar-refractivity contribution in [3.63, 3.8) is 0 Å².